The number of aldehydes is 1. The first-order valence-electron chi connectivity index (χ1n) is 13.5. The van der Waals surface area contributed by atoms with Crippen molar-refractivity contribution < 1.29 is 14.6 Å². The Hall–Kier alpha value is -2.10. The topological polar surface area (TPSA) is 90.8 Å². The van der Waals surface area contributed by atoms with Gasteiger partial charge in [0.25, 0.3) is 0 Å². The van der Waals surface area contributed by atoms with E-state index < -0.39 is 6.10 Å². The second-order valence-corrected chi connectivity index (χ2v) is 11.1. The molecule has 2 heterocycles. The summed E-state index contributed by atoms with van der Waals surface area (Å²) < 4.78 is 5.57. The van der Waals surface area contributed by atoms with Gasteiger partial charge in [-0.25, -0.2) is 9.97 Å². The predicted octanol–water partition coefficient (Wildman–Crippen LogP) is 3.65. The van der Waals surface area contributed by atoms with Crippen LogP contribution in [0.25, 0.3) is 0 Å². The maximum Gasteiger partial charge on any atom is 0.135 e. The van der Waals surface area contributed by atoms with Crippen LogP contribution in [0.3, 0.4) is 0 Å². The molecule has 3 aliphatic rings. The molecule has 37 heavy (non-hydrogen) atoms. The van der Waals surface area contributed by atoms with Gasteiger partial charge < -0.3 is 19.5 Å². The van der Waals surface area contributed by atoms with Gasteiger partial charge in [-0.3, -0.25) is 10.2 Å². The van der Waals surface area contributed by atoms with E-state index in [1.54, 1.807) is 13.4 Å². The molecular formula is C28H38ClN5O3. The van der Waals surface area contributed by atoms with Crippen LogP contribution in [0.1, 0.15) is 73.8 Å². The molecule has 8 nitrogen and oxygen atoms in total. The van der Waals surface area contributed by atoms with Crippen LogP contribution >= 0.6 is 11.6 Å². The number of carbonyl (C=O) groups excluding carboxylic acids is 1. The molecule has 0 radical (unpaired) electrons. The summed E-state index contributed by atoms with van der Waals surface area (Å²) in [5, 5.41) is 15.0. The highest BCUT2D eigenvalue weighted by atomic mass is 35.5. The molecule has 2 unspecified atom stereocenters. The van der Waals surface area contributed by atoms with E-state index in [-0.39, 0.29) is 18.0 Å². The van der Waals surface area contributed by atoms with Gasteiger partial charge >= 0.3 is 0 Å². The Labute approximate surface area is 224 Å². The fourth-order valence-electron chi connectivity index (χ4n) is 6.33. The van der Waals surface area contributed by atoms with Crippen LogP contribution in [0.4, 0.5) is 5.82 Å². The van der Waals surface area contributed by atoms with Crippen LogP contribution in [-0.4, -0.2) is 77.9 Å². The molecule has 1 aliphatic heterocycles. The van der Waals surface area contributed by atoms with Gasteiger partial charge in [0.1, 0.15) is 18.4 Å². The van der Waals surface area contributed by atoms with E-state index in [0.717, 1.165) is 80.8 Å². The van der Waals surface area contributed by atoms with E-state index in [4.69, 9.17) is 16.3 Å². The molecule has 2 N–H and O–H groups in total. The summed E-state index contributed by atoms with van der Waals surface area (Å²) in [6.07, 6.45) is 7.19. The lowest BCUT2D eigenvalue weighted by molar-refractivity contribution is -0.111. The molecule has 4 atom stereocenters. The highest BCUT2D eigenvalue weighted by molar-refractivity contribution is 6.30. The predicted molar refractivity (Wildman–Crippen MR) is 144 cm³/mol. The Balaban J connectivity index is 1.34. The Bertz CT molecular complexity index is 1050. The summed E-state index contributed by atoms with van der Waals surface area (Å²) in [6.45, 7) is 5.34. The van der Waals surface area contributed by atoms with Crippen LogP contribution in [0, 0.1) is 0 Å². The number of anilines is 1. The summed E-state index contributed by atoms with van der Waals surface area (Å²) in [4.78, 5) is 26.3. The molecule has 9 heteroatoms. The summed E-state index contributed by atoms with van der Waals surface area (Å²) in [5.41, 5.74) is 2.83. The number of rotatable bonds is 8. The van der Waals surface area contributed by atoms with Gasteiger partial charge in [-0.1, -0.05) is 30.7 Å². The summed E-state index contributed by atoms with van der Waals surface area (Å²) in [7, 11) is 1.79. The fourth-order valence-corrected chi connectivity index (χ4v) is 6.46. The second-order valence-electron chi connectivity index (χ2n) is 10.7. The van der Waals surface area contributed by atoms with Crippen LogP contribution in [0.15, 0.2) is 30.6 Å². The summed E-state index contributed by atoms with van der Waals surface area (Å²) in [5.74, 6) is 0.878. The SMILES string of the molecule is COC1CCC(NC(C(C=O)c2ccc(Cl)cc2)N2CCN(c3ncnc4c3[C@H](C)C[C@H]4O)CC2)CC1. The van der Waals surface area contributed by atoms with Crippen LogP contribution in [0.5, 0.6) is 0 Å². The minimum atomic E-state index is -0.512. The number of ether oxygens (including phenoxy) is 1. The molecule has 2 aromatic rings. The van der Waals surface area contributed by atoms with E-state index >= 15 is 0 Å². The van der Waals surface area contributed by atoms with E-state index in [1.165, 1.54) is 0 Å². The van der Waals surface area contributed by atoms with Crippen molar-refractivity contribution in [2.45, 2.75) is 75.3 Å². The molecule has 1 aromatic carbocycles. The van der Waals surface area contributed by atoms with Gasteiger partial charge in [-0.15, -0.1) is 0 Å². The number of hydrogen-bond acceptors (Lipinski definition) is 8. The van der Waals surface area contributed by atoms with Crippen LogP contribution < -0.4 is 10.2 Å². The van der Waals surface area contributed by atoms with Gasteiger partial charge in [-0.05, 0) is 55.7 Å². The molecule has 200 valence electrons. The third kappa shape index (κ3) is 5.68. The molecule has 1 saturated carbocycles. The maximum atomic E-state index is 12.5. The molecule has 1 aromatic heterocycles. The van der Waals surface area contributed by atoms with Crippen molar-refractivity contribution >= 4 is 23.7 Å². The van der Waals surface area contributed by atoms with E-state index in [2.05, 4.69) is 32.0 Å². The first-order chi connectivity index (χ1) is 18.0. The monoisotopic (exact) mass is 527 g/mol. The summed E-state index contributed by atoms with van der Waals surface area (Å²) in [6, 6.07) is 7.99. The Morgan fingerprint density at radius 2 is 1.81 bits per heavy atom. The quantitative estimate of drug-likeness (QED) is 0.503. The van der Waals surface area contributed by atoms with Gasteiger partial charge in [0.2, 0.25) is 0 Å². The minimum Gasteiger partial charge on any atom is -0.387 e. The molecule has 0 amide bonds. The van der Waals surface area contributed by atoms with Gasteiger partial charge in [-0.2, -0.15) is 0 Å². The smallest absolute Gasteiger partial charge is 0.135 e. The molecule has 0 spiro atoms. The lowest BCUT2D eigenvalue weighted by Gasteiger charge is -2.44. The number of fused-ring (bicyclic) bond motifs is 1. The summed E-state index contributed by atoms with van der Waals surface area (Å²) >= 11 is 6.15. The second kappa shape index (κ2) is 11.7. The number of aromatic nitrogens is 2. The van der Waals surface area contributed by atoms with Crippen molar-refractivity contribution in [2.75, 3.05) is 38.2 Å². The van der Waals surface area contributed by atoms with Crippen LogP contribution in [0.2, 0.25) is 5.02 Å². The Morgan fingerprint density at radius 3 is 2.46 bits per heavy atom. The standard InChI is InChI=1S/C28H38ClN5O3/c1-18-15-24(36)26-25(18)28(31-17-30-26)34-13-11-33(12-14-34)27(32-21-7-9-22(37-2)10-8-21)23(16-35)19-3-5-20(29)6-4-19/h3-6,16-18,21-24,27,32,36H,7-15H2,1-2H3/t18-,21?,22?,23?,24-,27?/m1/s1. The number of nitrogens with zero attached hydrogens (tertiary/aromatic N) is 4. The third-order valence-electron chi connectivity index (χ3n) is 8.44. The average Bonchev–Trinajstić information content (AvgIpc) is 3.23. The highest BCUT2D eigenvalue weighted by Crippen LogP contribution is 2.43. The first kappa shape index (κ1) is 26.5. The third-order valence-corrected chi connectivity index (χ3v) is 8.69. The normalized spacial score (nSPS) is 28.1. The number of methoxy groups -OCH3 is 1. The fraction of sp³-hybridized carbons (Fsp3) is 0.607. The molecule has 0 bridgehead atoms. The lowest BCUT2D eigenvalue weighted by atomic mass is 9.90. The first-order valence-corrected chi connectivity index (χ1v) is 13.9. The average molecular weight is 528 g/mol. The zero-order valence-corrected chi connectivity index (χ0v) is 22.5. The molecule has 5 rings (SSSR count). The zero-order chi connectivity index (χ0) is 25.9. The number of piperazine rings is 1. The minimum absolute atomic E-state index is 0.109. The number of carbonyl (C=O) groups is 1. The van der Waals surface area contributed by atoms with Gasteiger partial charge in [0.15, 0.2) is 0 Å². The van der Waals surface area contributed by atoms with Crippen molar-refractivity contribution in [2.24, 2.45) is 0 Å². The number of aliphatic hydroxyl groups excluding tert-OH is 1. The largest absolute Gasteiger partial charge is 0.387 e. The number of nitrogens with one attached hydrogen (secondary N) is 1. The van der Waals surface area contributed by atoms with E-state index in [1.807, 2.05) is 24.3 Å². The zero-order valence-electron chi connectivity index (χ0n) is 21.7. The molecule has 1 saturated heterocycles. The van der Waals surface area contributed by atoms with Crippen LogP contribution in [-0.2, 0) is 9.53 Å². The van der Waals surface area contributed by atoms with Gasteiger partial charge in [0.05, 0.1) is 30.0 Å². The Kier molecular flexibility index (Phi) is 8.41. The number of hydrogen-bond donors (Lipinski definition) is 2. The number of aliphatic hydroxyl groups is 1. The Morgan fingerprint density at radius 1 is 1.11 bits per heavy atom. The molecule has 2 aliphatic carbocycles. The van der Waals surface area contributed by atoms with Crippen molar-refractivity contribution in [3.63, 3.8) is 0 Å². The van der Waals surface area contributed by atoms with Gasteiger partial charge in [0, 0.05) is 49.9 Å². The van der Waals surface area contributed by atoms with Crippen molar-refractivity contribution in [1.29, 1.82) is 0 Å². The lowest BCUT2D eigenvalue weighted by Crippen LogP contribution is -2.59. The highest BCUT2D eigenvalue weighted by Gasteiger charge is 2.37. The van der Waals surface area contributed by atoms with E-state index in [9.17, 15) is 9.90 Å². The van der Waals surface area contributed by atoms with Crippen molar-refractivity contribution in [3.8, 4) is 0 Å². The maximum absolute atomic E-state index is 12.5. The number of halogens is 1. The van der Waals surface area contributed by atoms with E-state index in [0.29, 0.717) is 23.6 Å². The molecular weight excluding hydrogens is 490 g/mol. The van der Waals surface area contributed by atoms with Crippen molar-refractivity contribution in [3.05, 3.63) is 52.4 Å². The number of benzene rings is 1. The molecule has 2 fully saturated rings. The van der Waals surface area contributed by atoms with Crippen molar-refractivity contribution in [1.82, 2.24) is 20.2 Å².